The van der Waals surface area contributed by atoms with Crippen LogP contribution in [0.2, 0.25) is 0 Å². The van der Waals surface area contributed by atoms with E-state index >= 15 is 0 Å². The lowest BCUT2D eigenvalue weighted by Crippen LogP contribution is -1.96. The number of nitrogens with one attached hydrogen (secondary N) is 1. The number of benzene rings is 2. The molecule has 0 atom stereocenters. The van der Waals surface area contributed by atoms with Crippen LogP contribution >= 0.6 is 12.2 Å². The number of rotatable bonds is 5. The molecule has 8 heteroatoms. The summed E-state index contributed by atoms with van der Waals surface area (Å²) in [6, 6.07) is 12.1. The van der Waals surface area contributed by atoms with E-state index in [1.807, 2.05) is 6.07 Å². The Morgan fingerprint density at radius 3 is 2.52 bits per heavy atom. The molecule has 0 aliphatic carbocycles. The van der Waals surface area contributed by atoms with Gasteiger partial charge in [0, 0.05) is 5.56 Å². The quantitative estimate of drug-likeness (QED) is 0.542. The molecular formula is C17H16N4O3S. The molecule has 0 radical (unpaired) electrons. The van der Waals surface area contributed by atoms with Gasteiger partial charge in [-0.25, -0.2) is 5.10 Å². The highest BCUT2D eigenvalue weighted by Gasteiger charge is 2.12. The van der Waals surface area contributed by atoms with Crippen molar-refractivity contribution < 1.29 is 14.6 Å². The summed E-state index contributed by atoms with van der Waals surface area (Å²) in [6.07, 6.45) is 1.63. The second-order valence-electron chi connectivity index (χ2n) is 5.07. The Morgan fingerprint density at radius 1 is 1.12 bits per heavy atom. The predicted octanol–water partition coefficient (Wildman–Crippen LogP) is 3.21. The maximum absolute atomic E-state index is 9.33. The lowest BCUT2D eigenvalue weighted by atomic mass is 10.2. The van der Waals surface area contributed by atoms with Crippen LogP contribution in [0.15, 0.2) is 47.6 Å². The fraction of sp³-hybridized carbons (Fsp3) is 0.118. The third-order valence-corrected chi connectivity index (χ3v) is 3.77. The highest BCUT2D eigenvalue weighted by atomic mass is 32.1. The summed E-state index contributed by atoms with van der Waals surface area (Å²) in [5, 5.41) is 20.7. The molecule has 7 nitrogen and oxygen atoms in total. The van der Waals surface area contributed by atoms with Gasteiger partial charge in [-0.2, -0.15) is 14.9 Å². The Kier molecular flexibility index (Phi) is 4.80. The number of methoxy groups -OCH3 is 2. The predicted molar refractivity (Wildman–Crippen MR) is 97.1 cm³/mol. The van der Waals surface area contributed by atoms with Crippen LogP contribution in [0.3, 0.4) is 0 Å². The van der Waals surface area contributed by atoms with Crippen molar-refractivity contribution in [1.82, 2.24) is 14.9 Å². The standard InChI is InChI=1S/C17H16N4O3S/c1-23-14-8-5-12(9-15(14)24-2)16-19-20-17(25)21(16)18-10-11-3-6-13(22)7-4-11/h3-10,22H,1-2H3,(H,20,25). The van der Waals surface area contributed by atoms with Gasteiger partial charge in [0.15, 0.2) is 17.3 Å². The number of hydrogen-bond acceptors (Lipinski definition) is 6. The summed E-state index contributed by atoms with van der Waals surface area (Å²) in [4.78, 5) is 0. The van der Waals surface area contributed by atoms with Crippen molar-refractivity contribution in [2.45, 2.75) is 0 Å². The second kappa shape index (κ2) is 7.18. The first-order valence-corrected chi connectivity index (χ1v) is 7.76. The summed E-state index contributed by atoms with van der Waals surface area (Å²) in [5.41, 5.74) is 1.59. The molecule has 0 amide bonds. The Balaban J connectivity index is 1.99. The number of hydrogen-bond donors (Lipinski definition) is 2. The highest BCUT2D eigenvalue weighted by molar-refractivity contribution is 7.71. The summed E-state index contributed by atoms with van der Waals surface area (Å²) in [5.74, 6) is 1.95. The van der Waals surface area contributed by atoms with Gasteiger partial charge in [0.05, 0.1) is 20.4 Å². The topological polar surface area (TPSA) is 84.7 Å². The average Bonchev–Trinajstić information content (AvgIpc) is 3.01. The van der Waals surface area contributed by atoms with Gasteiger partial charge in [0.25, 0.3) is 0 Å². The van der Waals surface area contributed by atoms with Gasteiger partial charge >= 0.3 is 0 Å². The molecule has 3 rings (SSSR count). The molecule has 128 valence electrons. The molecule has 2 aromatic carbocycles. The molecule has 1 aromatic heterocycles. The number of ether oxygens (including phenoxy) is 2. The fourth-order valence-electron chi connectivity index (χ4n) is 2.25. The van der Waals surface area contributed by atoms with Crippen LogP contribution < -0.4 is 9.47 Å². The molecule has 0 fully saturated rings. The number of aromatic amines is 1. The lowest BCUT2D eigenvalue weighted by Gasteiger charge is -2.09. The zero-order valence-corrected chi connectivity index (χ0v) is 14.4. The number of phenols is 1. The average molecular weight is 356 g/mol. The Hall–Kier alpha value is -3.13. The van der Waals surface area contributed by atoms with Gasteiger partial charge in [0.1, 0.15) is 5.75 Å². The molecule has 0 saturated heterocycles. The molecule has 0 aliphatic rings. The van der Waals surface area contributed by atoms with Crippen molar-refractivity contribution in [3.63, 3.8) is 0 Å². The third-order valence-electron chi connectivity index (χ3n) is 3.51. The molecule has 0 unspecified atom stereocenters. The van der Waals surface area contributed by atoms with E-state index in [9.17, 15) is 5.11 Å². The first kappa shape index (κ1) is 16.7. The first-order valence-electron chi connectivity index (χ1n) is 7.35. The smallest absolute Gasteiger partial charge is 0.216 e. The van der Waals surface area contributed by atoms with Gasteiger partial charge in [-0.3, -0.25) is 0 Å². The monoisotopic (exact) mass is 356 g/mol. The highest BCUT2D eigenvalue weighted by Crippen LogP contribution is 2.31. The van der Waals surface area contributed by atoms with Crippen molar-refractivity contribution in [3.8, 4) is 28.6 Å². The van der Waals surface area contributed by atoms with E-state index in [2.05, 4.69) is 15.3 Å². The van der Waals surface area contributed by atoms with E-state index in [1.54, 1.807) is 56.8 Å². The van der Waals surface area contributed by atoms with Crippen LogP contribution in [-0.4, -0.2) is 40.4 Å². The molecule has 25 heavy (non-hydrogen) atoms. The second-order valence-corrected chi connectivity index (χ2v) is 5.46. The van der Waals surface area contributed by atoms with Crippen molar-refractivity contribution in [2.24, 2.45) is 5.10 Å². The SMILES string of the molecule is COc1ccc(-c2n[nH]c(=S)n2N=Cc2ccc(O)cc2)cc1OC. The molecule has 0 bridgehead atoms. The van der Waals surface area contributed by atoms with Crippen molar-refractivity contribution in [1.29, 1.82) is 0 Å². The zero-order valence-electron chi connectivity index (χ0n) is 13.6. The van der Waals surface area contributed by atoms with Crippen molar-refractivity contribution >= 4 is 18.4 Å². The van der Waals surface area contributed by atoms with Crippen LogP contribution in [0.4, 0.5) is 0 Å². The third kappa shape index (κ3) is 3.53. The summed E-state index contributed by atoms with van der Waals surface area (Å²) >= 11 is 5.25. The molecule has 0 aliphatic heterocycles. The molecule has 0 spiro atoms. The Bertz CT molecular complexity index is 961. The van der Waals surface area contributed by atoms with Crippen LogP contribution in [0.25, 0.3) is 11.4 Å². The minimum atomic E-state index is 0.197. The largest absolute Gasteiger partial charge is 0.508 e. The summed E-state index contributed by atoms with van der Waals surface area (Å²) < 4.78 is 12.5. The number of aromatic hydroxyl groups is 1. The van der Waals surface area contributed by atoms with E-state index in [0.717, 1.165) is 11.1 Å². The summed E-state index contributed by atoms with van der Waals surface area (Å²) in [6.45, 7) is 0. The molecule has 1 heterocycles. The van der Waals surface area contributed by atoms with Gasteiger partial charge < -0.3 is 14.6 Å². The number of aromatic nitrogens is 3. The summed E-state index contributed by atoms with van der Waals surface area (Å²) in [7, 11) is 3.15. The number of phenolic OH excluding ortho intramolecular Hbond substituents is 1. The molecule has 2 N–H and O–H groups in total. The van der Waals surface area contributed by atoms with E-state index < -0.39 is 0 Å². The van der Waals surface area contributed by atoms with Crippen LogP contribution in [0.5, 0.6) is 17.2 Å². The van der Waals surface area contributed by atoms with Crippen LogP contribution in [-0.2, 0) is 0 Å². The molecule has 0 saturated carbocycles. The van der Waals surface area contributed by atoms with E-state index in [-0.39, 0.29) is 5.75 Å². The van der Waals surface area contributed by atoms with Gasteiger partial charge in [-0.05, 0) is 60.2 Å². The van der Waals surface area contributed by atoms with Gasteiger partial charge in [0.2, 0.25) is 4.77 Å². The minimum Gasteiger partial charge on any atom is -0.508 e. The van der Waals surface area contributed by atoms with E-state index in [4.69, 9.17) is 21.7 Å². The fourth-order valence-corrected chi connectivity index (χ4v) is 2.42. The number of nitrogens with zero attached hydrogens (tertiary/aromatic N) is 3. The Morgan fingerprint density at radius 2 is 1.84 bits per heavy atom. The zero-order chi connectivity index (χ0) is 17.8. The lowest BCUT2D eigenvalue weighted by molar-refractivity contribution is 0.355. The maximum atomic E-state index is 9.33. The van der Waals surface area contributed by atoms with E-state index in [0.29, 0.717) is 22.1 Å². The van der Waals surface area contributed by atoms with Crippen molar-refractivity contribution in [3.05, 3.63) is 52.8 Å². The van der Waals surface area contributed by atoms with Crippen molar-refractivity contribution in [2.75, 3.05) is 14.2 Å². The van der Waals surface area contributed by atoms with Crippen LogP contribution in [0.1, 0.15) is 5.56 Å². The number of H-pyrrole nitrogens is 1. The maximum Gasteiger partial charge on any atom is 0.216 e. The Labute approximate surface area is 149 Å². The molecule has 3 aromatic rings. The minimum absolute atomic E-state index is 0.197. The normalized spacial score (nSPS) is 11.0. The van der Waals surface area contributed by atoms with Crippen LogP contribution in [0, 0.1) is 4.77 Å². The first-order chi connectivity index (χ1) is 12.1. The van der Waals surface area contributed by atoms with Gasteiger partial charge in [-0.1, -0.05) is 0 Å². The van der Waals surface area contributed by atoms with E-state index in [1.165, 1.54) is 4.68 Å². The van der Waals surface area contributed by atoms with Gasteiger partial charge in [-0.15, -0.1) is 0 Å². The molecular weight excluding hydrogens is 340 g/mol.